The largest absolute Gasteiger partial charge is 0.484 e. The Morgan fingerprint density at radius 1 is 1.31 bits per heavy atom. The smallest absolute Gasteiger partial charge is 0.373 e. The number of benzene rings is 1. The van der Waals surface area contributed by atoms with E-state index in [1.54, 1.807) is 0 Å². The SMILES string of the molecule is COC(=O)C1=C[C@@H](NC(=O)[C@@]2(C)CC(c3cc(F)cc(F)c3)=NO2)CO1. The summed E-state index contributed by atoms with van der Waals surface area (Å²) in [6.07, 6.45) is 1.47. The highest BCUT2D eigenvalue weighted by molar-refractivity contribution is 6.05. The quantitative estimate of drug-likeness (QED) is 0.815. The van der Waals surface area contributed by atoms with E-state index in [0.717, 1.165) is 18.2 Å². The number of nitrogens with zero attached hydrogens (tertiary/aromatic N) is 1. The topological polar surface area (TPSA) is 86.2 Å². The number of methoxy groups -OCH3 is 1. The van der Waals surface area contributed by atoms with Crippen molar-refractivity contribution in [2.45, 2.75) is 25.0 Å². The molecule has 0 saturated carbocycles. The molecule has 138 valence electrons. The van der Waals surface area contributed by atoms with Crippen LogP contribution in [0.5, 0.6) is 0 Å². The first kappa shape index (κ1) is 17.8. The lowest BCUT2D eigenvalue weighted by Crippen LogP contribution is -2.48. The van der Waals surface area contributed by atoms with Crippen LogP contribution in [0.2, 0.25) is 0 Å². The minimum Gasteiger partial charge on any atom is -0.484 e. The van der Waals surface area contributed by atoms with Gasteiger partial charge in [-0.05, 0) is 25.1 Å². The van der Waals surface area contributed by atoms with Gasteiger partial charge in [-0.15, -0.1) is 0 Å². The Morgan fingerprint density at radius 2 is 2.00 bits per heavy atom. The number of oxime groups is 1. The molecule has 0 aromatic heterocycles. The average Bonchev–Trinajstić information content (AvgIpc) is 3.21. The van der Waals surface area contributed by atoms with Gasteiger partial charge in [-0.3, -0.25) is 4.79 Å². The number of halogens is 2. The second kappa shape index (κ2) is 6.74. The standard InChI is InChI=1S/C17H16F2N2O5/c1-17(16(23)20-12-6-14(25-8-12)15(22)24-2)7-13(21-26-17)9-3-10(18)5-11(19)4-9/h3-6,12H,7-8H2,1-2H3,(H,20,23)/t12-,17-/m1/s1. The van der Waals surface area contributed by atoms with Crippen LogP contribution >= 0.6 is 0 Å². The Bertz CT molecular complexity index is 803. The van der Waals surface area contributed by atoms with E-state index in [-0.39, 0.29) is 30.1 Å². The minimum absolute atomic E-state index is 0.0162. The molecule has 2 aliphatic heterocycles. The lowest BCUT2D eigenvalue weighted by Gasteiger charge is -2.22. The molecule has 0 radical (unpaired) electrons. The predicted molar refractivity (Wildman–Crippen MR) is 85.0 cm³/mol. The molecule has 2 heterocycles. The van der Waals surface area contributed by atoms with E-state index in [9.17, 15) is 18.4 Å². The van der Waals surface area contributed by atoms with Gasteiger partial charge in [0, 0.05) is 18.1 Å². The van der Waals surface area contributed by atoms with Crippen molar-refractivity contribution < 1.29 is 32.7 Å². The molecule has 0 unspecified atom stereocenters. The highest BCUT2D eigenvalue weighted by Gasteiger charge is 2.43. The number of esters is 1. The fraction of sp³-hybridized carbons (Fsp3) is 0.353. The Labute approximate surface area is 147 Å². The average molecular weight is 366 g/mol. The summed E-state index contributed by atoms with van der Waals surface area (Å²) < 4.78 is 36.4. The van der Waals surface area contributed by atoms with Crippen LogP contribution in [-0.4, -0.2) is 42.9 Å². The maximum absolute atomic E-state index is 13.4. The van der Waals surface area contributed by atoms with Crippen LogP contribution in [0, 0.1) is 11.6 Å². The monoisotopic (exact) mass is 366 g/mol. The van der Waals surface area contributed by atoms with Gasteiger partial charge in [0.1, 0.15) is 18.2 Å². The highest BCUT2D eigenvalue weighted by Crippen LogP contribution is 2.28. The second-order valence-electron chi connectivity index (χ2n) is 6.11. The third kappa shape index (κ3) is 3.51. The Morgan fingerprint density at radius 3 is 2.65 bits per heavy atom. The molecule has 9 heteroatoms. The third-order valence-corrected chi connectivity index (χ3v) is 4.01. The molecule has 1 aromatic carbocycles. The van der Waals surface area contributed by atoms with Crippen molar-refractivity contribution in [2.75, 3.05) is 13.7 Å². The summed E-state index contributed by atoms with van der Waals surface area (Å²) in [7, 11) is 1.22. The molecule has 7 nitrogen and oxygen atoms in total. The van der Waals surface area contributed by atoms with Crippen molar-refractivity contribution in [2.24, 2.45) is 5.16 Å². The molecule has 3 rings (SSSR count). The van der Waals surface area contributed by atoms with Gasteiger partial charge in [0.05, 0.1) is 18.9 Å². The number of carbonyl (C=O) groups excluding carboxylic acids is 2. The van der Waals surface area contributed by atoms with Crippen molar-refractivity contribution in [3.63, 3.8) is 0 Å². The van der Waals surface area contributed by atoms with E-state index < -0.39 is 35.2 Å². The fourth-order valence-corrected chi connectivity index (χ4v) is 2.63. The van der Waals surface area contributed by atoms with Crippen molar-refractivity contribution in [3.8, 4) is 0 Å². The van der Waals surface area contributed by atoms with Crippen molar-refractivity contribution in [3.05, 3.63) is 47.2 Å². The molecule has 2 atom stereocenters. The van der Waals surface area contributed by atoms with Gasteiger partial charge in [0.15, 0.2) is 0 Å². The number of amides is 1. The molecule has 0 aliphatic carbocycles. The van der Waals surface area contributed by atoms with Crippen molar-refractivity contribution in [1.29, 1.82) is 0 Å². The molecule has 1 aromatic rings. The van der Waals surface area contributed by atoms with Gasteiger partial charge in [0.25, 0.3) is 5.91 Å². The van der Waals surface area contributed by atoms with Crippen LogP contribution < -0.4 is 5.32 Å². The first-order valence-electron chi connectivity index (χ1n) is 7.76. The zero-order valence-electron chi connectivity index (χ0n) is 14.0. The van der Waals surface area contributed by atoms with Crippen LogP contribution in [-0.2, 0) is 23.9 Å². The van der Waals surface area contributed by atoms with Gasteiger partial charge in [-0.25, -0.2) is 13.6 Å². The van der Waals surface area contributed by atoms with E-state index >= 15 is 0 Å². The first-order valence-corrected chi connectivity index (χ1v) is 7.76. The normalized spacial score (nSPS) is 24.2. The van der Waals surface area contributed by atoms with Gasteiger partial charge >= 0.3 is 5.97 Å². The van der Waals surface area contributed by atoms with Crippen molar-refractivity contribution >= 4 is 17.6 Å². The van der Waals surface area contributed by atoms with Gasteiger partial charge < -0.3 is 19.6 Å². The number of rotatable bonds is 4. The maximum Gasteiger partial charge on any atom is 0.373 e. The molecule has 1 amide bonds. The summed E-state index contributed by atoms with van der Waals surface area (Å²) in [6.45, 7) is 1.59. The summed E-state index contributed by atoms with van der Waals surface area (Å²) in [6, 6.07) is 2.44. The maximum atomic E-state index is 13.4. The van der Waals surface area contributed by atoms with Crippen LogP contribution in [0.15, 0.2) is 35.2 Å². The highest BCUT2D eigenvalue weighted by atomic mass is 19.1. The summed E-state index contributed by atoms with van der Waals surface area (Å²) in [5.74, 6) is -2.61. The van der Waals surface area contributed by atoms with E-state index in [4.69, 9.17) is 9.57 Å². The Kier molecular flexibility index (Phi) is 4.62. The summed E-state index contributed by atoms with van der Waals surface area (Å²) in [5, 5.41) is 6.47. The number of hydrogen-bond acceptors (Lipinski definition) is 6. The lowest BCUT2D eigenvalue weighted by molar-refractivity contribution is -0.142. The summed E-state index contributed by atoms with van der Waals surface area (Å²) in [4.78, 5) is 29.1. The summed E-state index contributed by atoms with van der Waals surface area (Å²) in [5.41, 5.74) is -0.884. The van der Waals surface area contributed by atoms with E-state index in [1.165, 1.54) is 20.1 Å². The summed E-state index contributed by atoms with van der Waals surface area (Å²) >= 11 is 0. The molecule has 1 N–H and O–H groups in total. The third-order valence-electron chi connectivity index (χ3n) is 4.01. The molecular weight excluding hydrogens is 350 g/mol. The minimum atomic E-state index is -1.35. The zero-order valence-corrected chi connectivity index (χ0v) is 14.0. The first-order chi connectivity index (χ1) is 12.3. The molecule has 0 bridgehead atoms. The number of carbonyl (C=O) groups is 2. The van der Waals surface area contributed by atoms with Crippen molar-refractivity contribution in [1.82, 2.24) is 5.32 Å². The molecule has 0 fully saturated rings. The number of ether oxygens (including phenoxy) is 2. The van der Waals surface area contributed by atoms with Crippen LogP contribution in [0.3, 0.4) is 0 Å². The van der Waals surface area contributed by atoms with Crippen LogP contribution in [0.25, 0.3) is 0 Å². The van der Waals surface area contributed by atoms with E-state index in [0.29, 0.717) is 0 Å². The zero-order chi connectivity index (χ0) is 18.9. The second-order valence-corrected chi connectivity index (χ2v) is 6.11. The van der Waals surface area contributed by atoms with E-state index in [2.05, 4.69) is 15.2 Å². The van der Waals surface area contributed by atoms with Gasteiger partial charge in [-0.1, -0.05) is 5.16 Å². The van der Waals surface area contributed by atoms with E-state index in [1.807, 2.05) is 0 Å². The van der Waals surface area contributed by atoms with Gasteiger partial charge in [-0.2, -0.15) is 0 Å². The van der Waals surface area contributed by atoms with Gasteiger partial charge in [0.2, 0.25) is 11.4 Å². The molecule has 0 saturated heterocycles. The Hall–Kier alpha value is -2.97. The Balaban J connectivity index is 1.66. The lowest BCUT2D eigenvalue weighted by atomic mass is 9.94. The number of nitrogens with one attached hydrogen (secondary N) is 1. The molecular formula is C17H16F2N2O5. The number of hydrogen-bond donors (Lipinski definition) is 1. The van der Waals surface area contributed by atoms with Crippen LogP contribution in [0.4, 0.5) is 8.78 Å². The molecule has 26 heavy (non-hydrogen) atoms. The molecule has 2 aliphatic rings. The van der Waals surface area contributed by atoms with Crippen LogP contribution in [0.1, 0.15) is 18.9 Å². The predicted octanol–water partition coefficient (Wildman–Crippen LogP) is 1.42. The molecule has 0 spiro atoms. The fourth-order valence-electron chi connectivity index (χ4n) is 2.63.